The van der Waals surface area contributed by atoms with Crippen LogP contribution in [0.1, 0.15) is 12.8 Å². The fraction of sp³-hybridized carbons (Fsp3) is 0.727. The van der Waals surface area contributed by atoms with Crippen molar-refractivity contribution in [2.24, 2.45) is 5.92 Å². The average Bonchev–Trinajstić information content (AvgIpc) is 2.45. The lowest BCUT2D eigenvalue weighted by Gasteiger charge is -2.22. The van der Waals surface area contributed by atoms with Crippen LogP contribution in [0, 0.1) is 5.92 Å². The quantitative estimate of drug-likeness (QED) is 0.801. The van der Waals surface area contributed by atoms with Gasteiger partial charge in [-0.1, -0.05) is 0 Å². The standard InChI is InChI=1S/C11H19N5O2/c1-12-9-14-10(16-11(15-9)17-2)13-7-8-3-5-18-6-4-8/h8H,3-7H2,1-2H3,(H2,12,13,14,15,16). The van der Waals surface area contributed by atoms with Gasteiger partial charge in [0, 0.05) is 26.8 Å². The lowest BCUT2D eigenvalue weighted by atomic mass is 10.0. The molecule has 0 bridgehead atoms. The molecule has 1 aliphatic heterocycles. The maximum absolute atomic E-state index is 5.33. The van der Waals surface area contributed by atoms with Crippen LogP contribution in [0.5, 0.6) is 6.01 Å². The molecule has 100 valence electrons. The Bertz CT molecular complexity index is 359. The molecule has 2 heterocycles. The van der Waals surface area contributed by atoms with Crippen molar-refractivity contribution in [2.45, 2.75) is 12.8 Å². The molecule has 0 amide bonds. The second-order valence-corrected chi connectivity index (χ2v) is 4.16. The number of methoxy groups -OCH3 is 1. The van der Waals surface area contributed by atoms with Gasteiger partial charge in [-0.05, 0) is 18.8 Å². The number of nitrogens with zero attached hydrogens (tertiary/aromatic N) is 3. The molecule has 0 aromatic carbocycles. The van der Waals surface area contributed by atoms with Crippen molar-refractivity contribution in [3.63, 3.8) is 0 Å². The molecule has 0 saturated carbocycles. The Kier molecular flexibility index (Phi) is 4.52. The summed E-state index contributed by atoms with van der Waals surface area (Å²) in [6.45, 7) is 2.53. The van der Waals surface area contributed by atoms with E-state index < -0.39 is 0 Å². The molecule has 2 rings (SSSR count). The molecule has 0 unspecified atom stereocenters. The number of rotatable bonds is 5. The van der Waals surface area contributed by atoms with Gasteiger partial charge in [-0.15, -0.1) is 0 Å². The van der Waals surface area contributed by atoms with Gasteiger partial charge >= 0.3 is 6.01 Å². The van der Waals surface area contributed by atoms with Crippen LogP contribution < -0.4 is 15.4 Å². The first-order chi connectivity index (χ1) is 8.81. The fourth-order valence-electron chi connectivity index (χ4n) is 1.82. The van der Waals surface area contributed by atoms with Gasteiger partial charge in [0.25, 0.3) is 0 Å². The maximum atomic E-state index is 5.33. The van der Waals surface area contributed by atoms with E-state index in [0.29, 0.717) is 23.8 Å². The highest BCUT2D eigenvalue weighted by Gasteiger charge is 2.14. The van der Waals surface area contributed by atoms with E-state index in [1.54, 1.807) is 7.05 Å². The molecule has 1 fully saturated rings. The van der Waals surface area contributed by atoms with Crippen molar-refractivity contribution >= 4 is 11.9 Å². The number of aromatic nitrogens is 3. The molecule has 2 N–H and O–H groups in total. The summed E-state index contributed by atoms with van der Waals surface area (Å²) >= 11 is 0. The topological polar surface area (TPSA) is 81.2 Å². The van der Waals surface area contributed by atoms with E-state index in [2.05, 4.69) is 25.6 Å². The Morgan fingerprint density at radius 1 is 1.22 bits per heavy atom. The van der Waals surface area contributed by atoms with Crippen molar-refractivity contribution in [1.29, 1.82) is 0 Å². The van der Waals surface area contributed by atoms with Crippen molar-refractivity contribution in [1.82, 2.24) is 15.0 Å². The highest BCUT2D eigenvalue weighted by molar-refractivity contribution is 5.35. The lowest BCUT2D eigenvalue weighted by Crippen LogP contribution is -2.23. The lowest BCUT2D eigenvalue weighted by molar-refractivity contribution is 0.0699. The normalized spacial score (nSPS) is 16.3. The number of hydrogen-bond donors (Lipinski definition) is 2. The minimum Gasteiger partial charge on any atom is -0.467 e. The first kappa shape index (κ1) is 12.8. The predicted molar refractivity (Wildman–Crippen MR) is 68.0 cm³/mol. The van der Waals surface area contributed by atoms with E-state index in [1.807, 2.05) is 0 Å². The number of hydrogen-bond acceptors (Lipinski definition) is 7. The summed E-state index contributed by atoms with van der Waals surface area (Å²) in [5, 5.41) is 6.10. The molecule has 0 spiro atoms. The Hall–Kier alpha value is -1.63. The molecule has 1 aromatic rings. The zero-order valence-corrected chi connectivity index (χ0v) is 10.8. The van der Waals surface area contributed by atoms with E-state index in [9.17, 15) is 0 Å². The van der Waals surface area contributed by atoms with Gasteiger partial charge in [0.15, 0.2) is 0 Å². The summed E-state index contributed by atoms with van der Waals surface area (Å²) in [4.78, 5) is 12.4. The number of ether oxygens (including phenoxy) is 2. The van der Waals surface area contributed by atoms with Crippen LogP contribution in [-0.2, 0) is 4.74 Å². The van der Waals surface area contributed by atoms with Crippen LogP contribution in [0.15, 0.2) is 0 Å². The monoisotopic (exact) mass is 253 g/mol. The summed E-state index contributed by atoms with van der Waals surface area (Å²) in [6, 6.07) is 0.309. The summed E-state index contributed by atoms with van der Waals surface area (Å²) < 4.78 is 10.4. The largest absolute Gasteiger partial charge is 0.467 e. The molecule has 0 atom stereocenters. The van der Waals surface area contributed by atoms with Crippen LogP contribution >= 0.6 is 0 Å². The Morgan fingerprint density at radius 3 is 2.61 bits per heavy atom. The second-order valence-electron chi connectivity index (χ2n) is 4.16. The average molecular weight is 253 g/mol. The predicted octanol–water partition coefficient (Wildman–Crippen LogP) is 0.760. The van der Waals surface area contributed by atoms with Gasteiger partial charge in [-0.3, -0.25) is 0 Å². The van der Waals surface area contributed by atoms with Crippen LogP contribution in [-0.4, -0.2) is 48.9 Å². The van der Waals surface area contributed by atoms with Gasteiger partial charge in [-0.25, -0.2) is 0 Å². The summed E-state index contributed by atoms with van der Waals surface area (Å²) in [6.07, 6.45) is 2.15. The van der Waals surface area contributed by atoms with Gasteiger partial charge < -0.3 is 20.1 Å². The van der Waals surface area contributed by atoms with Crippen LogP contribution in [0.2, 0.25) is 0 Å². The molecule has 0 aliphatic carbocycles. The molecule has 7 nitrogen and oxygen atoms in total. The first-order valence-electron chi connectivity index (χ1n) is 6.11. The van der Waals surface area contributed by atoms with Crippen molar-refractivity contribution in [3.8, 4) is 6.01 Å². The zero-order valence-electron chi connectivity index (χ0n) is 10.8. The Labute approximate surface area is 106 Å². The minimum absolute atomic E-state index is 0.309. The second kappa shape index (κ2) is 6.34. The van der Waals surface area contributed by atoms with Crippen molar-refractivity contribution < 1.29 is 9.47 Å². The van der Waals surface area contributed by atoms with Crippen molar-refractivity contribution in [3.05, 3.63) is 0 Å². The summed E-state index contributed by atoms with van der Waals surface area (Å²) in [5.41, 5.74) is 0. The van der Waals surface area contributed by atoms with Gasteiger partial charge in [0.2, 0.25) is 11.9 Å². The fourth-order valence-corrected chi connectivity index (χ4v) is 1.82. The third-order valence-corrected chi connectivity index (χ3v) is 2.91. The number of nitrogens with one attached hydrogen (secondary N) is 2. The number of anilines is 2. The molecule has 0 radical (unpaired) electrons. The Morgan fingerprint density at radius 2 is 1.94 bits per heavy atom. The first-order valence-corrected chi connectivity index (χ1v) is 6.11. The molecular formula is C11H19N5O2. The van der Waals surface area contributed by atoms with Crippen LogP contribution in [0.4, 0.5) is 11.9 Å². The molecule has 1 aromatic heterocycles. The smallest absolute Gasteiger partial charge is 0.322 e. The minimum atomic E-state index is 0.309. The zero-order chi connectivity index (χ0) is 12.8. The Balaban J connectivity index is 1.94. The SMILES string of the molecule is CNc1nc(NCC2CCOCC2)nc(OC)n1. The van der Waals surface area contributed by atoms with E-state index >= 15 is 0 Å². The summed E-state index contributed by atoms with van der Waals surface area (Å²) in [7, 11) is 3.30. The van der Waals surface area contributed by atoms with Gasteiger partial charge in [0.05, 0.1) is 7.11 Å². The molecule has 1 aliphatic rings. The van der Waals surface area contributed by atoms with Gasteiger partial charge in [-0.2, -0.15) is 15.0 Å². The van der Waals surface area contributed by atoms with E-state index in [1.165, 1.54) is 7.11 Å². The third kappa shape index (κ3) is 3.43. The molecule has 18 heavy (non-hydrogen) atoms. The van der Waals surface area contributed by atoms with Crippen LogP contribution in [0.3, 0.4) is 0 Å². The van der Waals surface area contributed by atoms with Gasteiger partial charge in [0.1, 0.15) is 0 Å². The third-order valence-electron chi connectivity index (χ3n) is 2.91. The van der Waals surface area contributed by atoms with E-state index in [4.69, 9.17) is 9.47 Å². The molecule has 7 heteroatoms. The van der Waals surface area contributed by atoms with Crippen molar-refractivity contribution in [2.75, 3.05) is 44.5 Å². The summed E-state index contributed by atoms with van der Waals surface area (Å²) in [5.74, 6) is 1.65. The van der Waals surface area contributed by atoms with E-state index in [-0.39, 0.29) is 0 Å². The van der Waals surface area contributed by atoms with Crippen LogP contribution in [0.25, 0.3) is 0 Å². The molecular weight excluding hydrogens is 234 g/mol. The molecule has 1 saturated heterocycles. The highest BCUT2D eigenvalue weighted by atomic mass is 16.5. The highest BCUT2D eigenvalue weighted by Crippen LogP contribution is 2.16. The van der Waals surface area contributed by atoms with E-state index in [0.717, 1.165) is 32.6 Å². The maximum Gasteiger partial charge on any atom is 0.322 e.